The summed E-state index contributed by atoms with van der Waals surface area (Å²) in [6.07, 6.45) is 3.79. The standard InChI is InChI=1S/C25H32N4O3/c1-31-20-11-10-19(23(14-20)32-2)15-26-25(30)12-9-18-6-5-13-29(16-18)17-24-27-21-7-3-4-8-22(21)28-24/h3-4,7-8,10-11,14,18H,5-6,9,12-13,15-17H2,1-2H3,(H,26,30)(H,27,28). The predicted molar refractivity (Wildman–Crippen MR) is 125 cm³/mol. The van der Waals surface area contributed by atoms with Crippen molar-refractivity contribution in [3.8, 4) is 11.5 Å². The Morgan fingerprint density at radius 1 is 1.22 bits per heavy atom. The zero-order valence-corrected chi connectivity index (χ0v) is 18.9. The molecular formula is C25H32N4O3. The van der Waals surface area contributed by atoms with Gasteiger partial charge in [0, 0.05) is 31.1 Å². The number of H-pyrrole nitrogens is 1. The van der Waals surface area contributed by atoms with Crippen LogP contribution in [-0.2, 0) is 17.9 Å². The Morgan fingerprint density at radius 3 is 2.91 bits per heavy atom. The quantitative estimate of drug-likeness (QED) is 0.532. The molecule has 0 spiro atoms. The molecule has 2 aromatic carbocycles. The van der Waals surface area contributed by atoms with Gasteiger partial charge in [-0.05, 0) is 56.0 Å². The number of nitrogens with zero attached hydrogens (tertiary/aromatic N) is 2. The van der Waals surface area contributed by atoms with Crippen LogP contribution in [-0.4, -0.2) is 48.1 Å². The summed E-state index contributed by atoms with van der Waals surface area (Å²) in [5.74, 6) is 3.09. The largest absolute Gasteiger partial charge is 0.497 e. The number of ether oxygens (including phenoxy) is 2. The number of piperidine rings is 1. The maximum atomic E-state index is 12.4. The molecule has 7 heteroatoms. The van der Waals surface area contributed by atoms with Crippen molar-refractivity contribution in [1.82, 2.24) is 20.2 Å². The van der Waals surface area contributed by atoms with Gasteiger partial charge in [-0.15, -0.1) is 0 Å². The van der Waals surface area contributed by atoms with Crippen LogP contribution in [0.3, 0.4) is 0 Å². The lowest BCUT2D eigenvalue weighted by molar-refractivity contribution is -0.121. The van der Waals surface area contributed by atoms with Crippen molar-refractivity contribution in [2.24, 2.45) is 5.92 Å². The number of aromatic nitrogens is 2. The topological polar surface area (TPSA) is 79.5 Å². The third-order valence-corrected chi connectivity index (χ3v) is 6.16. The Balaban J connectivity index is 1.23. The number of nitrogens with one attached hydrogen (secondary N) is 2. The average molecular weight is 437 g/mol. The van der Waals surface area contributed by atoms with E-state index in [1.807, 2.05) is 36.4 Å². The van der Waals surface area contributed by atoms with Gasteiger partial charge in [0.1, 0.15) is 17.3 Å². The molecule has 1 amide bonds. The maximum absolute atomic E-state index is 12.4. The van der Waals surface area contributed by atoms with Crippen LogP contribution in [0.1, 0.15) is 37.1 Å². The second-order valence-corrected chi connectivity index (χ2v) is 8.44. The van der Waals surface area contributed by atoms with E-state index >= 15 is 0 Å². The molecule has 1 saturated heterocycles. The molecular weight excluding hydrogens is 404 g/mol. The highest BCUT2D eigenvalue weighted by Crippen LogP contribution is 2.25. The molecule has 1 atom stereocenters. The third kappa shape index (κ3) is 5.59. The lowest BCUT2D eigenvalue weighted by Gasteiger charge is -2.32. The fraction of sp³-hybridized carbons (Fsp3) is 0.440. The monoisotopic (exact) mass is 436 g/mol. The molecule has 1 aliphatic rings. The van der Waals surface area contributed by atoms with Gasteiger partial charge in [0.2, 0.25) is 5.91 Å². The van der Waals surface area contributed by atoms with E-state index in [4.69, 9.17) is 14.5 Å². The summed E-state index contributed by atoms with van der Waals surface area (Å²) in [5, 5.41) is 3.03. The minimum Gasteiger partial charge on any atom is -0.497 e. The zero-order chi connectivity index (χ0) is 22.3. The summed E-state index contributed by atoms with van der Waals surface area (Å²) in [7, 11) is 3.25. The summed E-state index contributed by atoms with van der Waals surface area (Å²) in [5.41, 5.74) is 3.04. The number of benzene rings is 2. The van der Waals surface area contributed by atoms with Crippen molar-refractivity contribution < 1.29 is 14.3 Å². The minimum absolute atomic E-state index is 0.0808. The van der Waals surface area contributed by atoms with E-state index in [-0.39, 0.29) is 5.91 Å². The number of likely N-dealkylation sites (tertiary alicyclic amines) is 1. The van der Waals surface area contributed by atoms with Gasteiger partial charge < -0.3 is 19.8 Å². The molecule has 7 nitrogen and oxygen atoms in total. The van der Waals surface area contributed by atoms with Crippen LogP contribution in [0, 0.1) is 5.92 Å². The number of methoxy groups -OCH3 is 2. The predicted octanol–water partition coefficient (Wildman–Crippen LogP) is 3.89. The van der Waals surface area contributed by atoms with Crippen molar-refractivity contribution in [3.05, 3.63) is 53.9 Å². The fourth-order valence-corrected chi connectivity index (χ4v) is 4.44. The molecule has 1 aromatic heterocycles. The molecule has 4 rings (SSSR count). The van der Waals surface area contributed by atoms with E-state index in [1.54, 1.807) is 14.2 Å². The highest BCUT2D eigenvalue weighted by atomic mass is 16.5. The number of imidazole rings is 1. The molecule has 3 aromatic rings. The molecule has 0 radical (unpaired) electrons. The SMILES string of the molecule is COc1ccc(CNC(=O)CCC2CCCN(Cc3nc4ccccc4[nH]3)C2)c(OC)c1. The molecule has 1 fully saturated rings. The van der Waals surface area contributed by atoms with Crippen molar-refractivity contribution in [3.63, 3.8) is 0 Å². The first-order chi connectivity index (χ1) is 15.6. The molecule has 2 N–H and O–H groups in total. The van der Waals surface area contributed by atoms with Gasteiger partial charge in [0.15, 0.2) is 0 Å². The highest BCUT2D eigenvalue weighted by molar-refractivity contribution is 5.76. The lowest BCUT2D eigenvalue weighted by Crippen LogP contribution is -2.35. The molecule has 32 heavy (non-hydrogen) atoms. The Kier molecular flexibility index (Phi) is 7.27. The van der Waals surface area contributed by atoms with Gasteiger partial charge in [-0.1, -0.05) is 12.1 Å². The normalized spacial score (nSPS) is 16.8. The number of aromatic amines is 1. The van der Waals surface area contributed by atoms with E-state index < -0.39 is 0 Å². The van der Waals surface area contributed by atoms with Crippen molar-refractivity contribution in [2.75, 3.05) is 27.3 Å². The number of hydrogen-bond acceptors (Lipinski definition) is 5. The highest BCUT2D eigenvalue weighted by Gasteiger charge is 2.21. The van der Waals surface area contributed by atoms with Crippen LogP contribution in [0.4, 0.5) is 0 Å². The first kappa shape index (κ1) is 22.1. The molecule has 0 bridgehead atoms. The van der Waals surface area contributed by atoms with Gasteiger partial charge in [-0.3, -0.25) is 9.69 Å². The van der Waals surface area contributed by atoms with E-state index in [0.717, 1.165) is 66.4 Å². The number of carbonyl (C=O) groups is 1. The third-order valence-electron chi connectivity index (χ3n) is 6.16. The zero-order valence-electron chi connectivity index (χ0n) is 18.9. The Morgan fingerprint density at radius 2 is 2.09 bits per heavy atom. The summed E-state index contributed by atoms with van der Waals surface area (Å²) < 4.78 is 10.6. The van der Waals surface area contributed by atoms with E-state index in [0.29, 0.717) is 18.9 Å². The van der Waals surface area contributed by atoms with E-state index in [1.165, 1.54) is 6.42 Å². The molecule has 2 heterocycles. The Bertz CT molecular complexity index is 1020. The summed E-state index contributed by atoms with van der Waals surface area (Å²) >= 11 is 0. The molecule has 1 unspecified atom stereocenters. The Hall–Kier alpha value is -3.06. The number of hydrogen-bond donors (Lipinski definition) is 2. The number of para-hydroxylation sites is 2. The molecule has 170 valence electrons. The summed E-state index contributed by atoms with van der Waals surface area (Å²) in [6, 6.07) is 13.8. The van der Waals surface area contributed by atoms with Gasteiger partial charge in [-0.2, -0.15) is 0 Å². The van der Waals surface area contributed by atoms with Crippen molar-refractivity contribution in [1.29, 1.82) is 0 Å². The number of carbonyl (C=O) groups excluding carboxylic acids is 1. The van der Waals surface area contributed by atoms with Gasteiger partial charge >= 0.3 is 0 Å². The second kappa shape index (κ2) is 10.5. The average Bonchev–Trinajstić information content (AvgIpc) is 3.23. The van der Waals surface area contributed by atoms with Gasteiger partial charge in [0.25, 0.3) is 0 Å². The minimum atomic E-state index is 0.0808. The second-order valence-electron chi connectivity index (χ2n) is 8.44. The maximum Gasteiger partial charge on any atom is 0.220 e. The van der Waals surface area contributed by atoms with Crippen molar-refractivity contribution in [2.45, 2.75) is 38.8 Å². The summed E-state index contributed by atoms with van der Waals surface area (Å²) in [4.78, 5) is 23.0. The van der Waals surface area contributed by atoms with E-state index in [9.17, 15) is 4.79 Å². The van der Waals surface area contributed by atoms with Crippen LogP contribution in [0.5, 0.6) is 11.5 Å². The van der Waals surface area contributed by atoms with E-state index in [2.05, 4.69) is 21.3 Å². The first-order valence-electron chi connectivity index (χ1n) is 11.3. The Labute approximate surface area is 189 Å². The van der Waals surface area contributed by atoms with Crippen molar-refractivity contribution >= 4 is 16.9 Å². The van der Waals surface area contributed by atoms with Gasteiger partial charge in [-0.25, -0.2) is 4.98 Å². The molecule has 0 aliphatic carbocycles. The first-order valence-corrected chi connectivity index (χ1v) is 11.3. The lowest BCUT2D eigenvalue weighted by atomic mass is 9.93. The van der Waals surface area contributed by atoms with Crippen LogP contribution in [0.25, 0.3) is 11.0 Å². The van der Waals surface area contributed by atoms with Crippen LogP contribution in [0.15, 0.2) is 42.5 Å². The summed E-state index contributed by atoms with van der Waals surface area (Å²) in [6.45, 7) is 3.37. The number of amides is 1. The van der Waals surface area contributed by atoms with Crippen LogP contribution >= 0.6 is 0 Å². The molecule has 1 aliphatic heterocycles. The van der Waals surface area contributed by atoms with Crippen LogP contribution < -0.4 is 14.8 Å². The molecule has 0 saturated carbocycles. The number of rotatable bonds is 9. The fourth-order valence-electron chi connectivity index (χ4n) is 4.44. The van der Waals surface area contributed by atoms with Crippen LogP contribution in [0.2, 0.25) is 0 Å². The smallest absolute Gasteiger partial charge is 0.220 e. The number of fused-ring (bicyclic) bond motifs is 1. The van der Waals surface area contributed by atoms with Gasteiger partial charge in [0.05, 0.1) is 31.8 Å².